The zero-order chi connectivity index (χ0) is 19.0. The number of rotatable bonds is 3. The Bertz CT molecular complexity index is 943. The van der Waals surface area contributed by atoms with Crippen molar-refractivity contribution >= 4 is 16.9 Å². The maximum absolute atomic E-state index is 12.8. The summed E-state index contributed by atoms with van der Waals surface area (Å²) < 4.78 is 39.9. The van der Waals surface area contributed by atoms with Crippen molar-refractivity contribution in [1.82, 2.24) is 35.0 Å². The Morgan fingerprint density at radius 2 is 2.00 bits per heavy atom. The van der Waals surface area contributed by atoms with Crippen LogP contribution in [0.15, 0.2) is 24.9 Å². The van der Waals surface area contributed by atoms with E-state index in [0.717, 1.165) is 0 Å². The van der Waals surface area contributed by atoms with Crippen molar-refractivity contribution in [2.45, 2.75) is 37.9 Å². The molecule has 11 heteroatoms. The molecule has 8 nitrogen and oxygen atoms in total. The maximum Gasteiger partial charge on any atom is 0.391 e. The highest BCUT2D eigenvalue weighted by atomic mass is 19.4. The minimum atomic E-state index is -4.18. The Morgan fingerprint density at radius 3 is 2.67 bits per heavy atom. The van der Waals surface area contributed by atoms with Crippen molar-refractivity contribution in [3.05, 3.63) is 30.6 Å². The number of hydrogen-bond donors (Lipinski definition) is 2. The van der Waals surface area contributed by atoms with Crippen LogP contribution in [0.5, 0.6) is 0 Å². The smallest absolute Gasteiger partial charge is 0.348 e. The fourth-order valence-corrected chi connectivity index (χ4v) is 3.30. The van der Waals surface area contributed by atoms with Crippen LogP contribution in [-0.2, 0) is 0 Å². The number of halogens is 3. The summed E-state index contributed by atoms with van der Waals surface area (Å²) in [5.74, 6) is -1.51. The predicted molar refractivity (Wildman–Crippen MR) is 88.1 cm³/mol. The van der Waals surface area contributed by atoms with Crippen molar-refractivity contribution in [3.63, 3.8) is 0 Å². The zero-order valence-corrected chi connectivity index (χ0v) is 14.1. The first-order valence-electron chi connectivity index (χ1n) is 8.49. The van der Waals surface area contributed by atoms with E-state index in [2.05, 4.69) is 30.5 Å². The number of hydrogen-bond acceptors (Lipinski definition) is 5. The second-order valence-corrected chi connectivity index (χ2v) is 6.54. The lowest BCUT2D eigenvalue weighted by atomic mass is 9.85. The number of carbonyl (C=O) groups is 1. The van der Waals surface area contributed by atoms with Crippen molar-refractivity contribution in [1.29, 1.82) is 0 Å². The lowest BCUT2D eigenvalue weighted by Gasteiger charge is -2.30. The Morgan fingerprint density at radius 1 is 1.22 bits per heavy atom. The zero-order valence-electron chi connectivity index (χ0n) is 14.1. The van der Waals surface area contributed by atoms with E-state index < -0.39 is 18.0 Å². The summed E-state index contributed by atoms with van der Waals surface area (Å²) >= 11 is 0. The minimum absolute atomic E-state index is 0.0119. The fraction of sp³-hybridized carbons (Fsp3) is 0.438. The van der Waals surface area contributed by atoms with Crippen LogP contribution in [0.4, 0.5) is 13.2 Å². The molecule has 0 aromatic carbocycles. The molecule has 1 aliphatic rings. The van der Waals surface area contributed by atoms with Gasteiger partial charge in [0.15, 0.2) is 5.69 Å². The summed E-state index contributed by atoms with van der Waals surface area (Å²) in [6, 6.07) is -0.319. The first-order valence-corrected chi connectivity index (χ1v) is 8.49. The van der Waals surface area contributed by atoms with Crippen LogP contribution in [0.3, 0.4) is 0 Å². The second kappa shape index (κ2) is 6.63. The number of aromatic amines is 1. The van der Waals surface area contributed by atoms with Crippen LogP contribution in [0, 0.1) is 5.92 Å². The molecule has 0 atom stereocenters. The second-order valence-electron chi connectivity index (χ2n) is 6.54. The maximum atomic E-state index is 12.8. The Kier molecular flexibility index (Phi) is 4.28. The van der Waals surface area contributed by atoms with Gasteiger partial charge in [0, 0.05) is 18.4 Å². The lowest BCUT2D eigenvalue weighted by Crippen LogP contribution is -2.40. The molecule has 3 aromatic rings. The average molecular weight is 379 g/mol. The predicted octanol–water partition coefficient (Wildman–Crippen LogP) is 2.39. The molecule has 0 bridgehead atoms. The van der Waals surface area contributed by atoms with Gasteiger partial charge in [-0.2, -0.15) is 18.3 Å². The van der Waals surface area contributed by atoms with Gasteiger partial charge in [0.2, 0.25) is 5.95 Å². The Hall–Kier alpha value is -2.98. The largest absolute Gasteiger partial charge is 0.391 e. The van der Waals surface area contributed by atoms with Gasteiger partial charge in [-0.3, -0.25) is 14.5 Å². The SMILES string of the molecule is O=C(NC1CCC(C(F)(F)F)CC1)c1nc(-n2ccnc2)nc2cn[nH]c12. The van der Waals surface area contributed by atoms with Crippen LogP contribution in [-0.4, -0.2) is 47.8 Å². The third kappa shape index (κ3) is 3.49. The summed E-state index contributed by atoms with van der Waals surface area (Å²) in [6.07, 6.45) is 2.58. The molecule has 1 saturated carbocycles. The van der Waals surface area contributed by atoms with E-state index >= 15 is 0 Å². The number of imidazole rings is 1. The molecule has 0 aliphatic heterocycles. The number of nitrogens with zero attached hydrogens (tertiary/aromatic N) is 5. The van der Waals surface area contributed by atoms with Gasteiger partial charge < -0.3 is 5.32 Å². The molecule has 3 heterocycles. The summed E-state index contributed by atoms with van der Waals surface area (Å²) in [6.45, 7) is 0. The van der Waals surface area contributed by atoms with E-state index in [1.54, 1.807) is 17.0 Å². The standard InChI is InChI=1S/C16H16F3N7O/c17-16(18,19)9-1-3-10(4-2-9)22-14(27)13-12-11(7-21-25-12)23-15(24-13)26-6-5-20-8-26/h5-10H,1-4H2,(H,21,25)(H,22,27). The topological polar surface area (TPSA) is 101 Å². The summed E-state index contributed by atoms with van der Waals surface area (Å²) in [5.41, 5.74) is 0.930. The molecule has 1 aliphatic carbocycles. The molecule has 1 fully saturated rings. The van der Waals surface area contributed by atoms with Gasteiger partial charge in [-0.15, -0.1) is 0 Å². The molecular weight excluding hydrogens is 363 g/mol. The van der Waals surface area contributed by atoms with E-state index in [1.807, 2.05) is 0 Å². The van der Waals surface area contributed by atoms with Crippen LogP contribution in [0.1, 0.15) is 36.2 Å². The number of alkyl halides is 3. The quantitative estimate of drug-likeness (QED) is 0.728. The molecule has 142 valence electrons. The number of aromatic nitrogens is 6. The Balaban J connectivity index is 1.54. The van der Waals surface area contributed by atoms with Crippen molar-refractivity contribution in [2.75, 3.05) is 0 Å². The minimum Gasteiger partial charge on any atom is -0.348 e. The molecule has 2 N–H and O–H groups in total. The van der Waals surface area contributed by atoms with E-state index in [4.69, 9.17) is 0 Å². The molecule has 0 unspecified atom stereocenters. The third-order valence-electron chi connectivity index (χ3n) is 4.76. The van der Waals surface area contributed by atoms with Gasteiger partial charge in [-0.1, -0.05) is 0 Å². The monoisotopic (exact) mass is 379 g/mol. The molecule has 4 rings (SSSR count). The molecule has 0 spiro atoms. The van der Waals surface area contributed by atoms with Crippen LogP contribution in [0.2, 0.25) is 0 Å². The van der Waals surface area contributed by atoms with Crippen LogP contribution < -0.4 is 5.32 Å². The van der Waals surface area contributed by atoms with Gasteiger partial charge >= 0.3 is 6.18 Å². The van der Waals surface area contributed by atoms with E-state index in [-0.39, 0.29) is 43.4 Å². The molecular formula is C16H16F3N7O. The molecule has 1 amide bonds. The van der Waals surface area contributed by atoms with Crippen molar-refractivity contribution in [2.24, 2.45) is 5.92 Å². The number of nitrogens with one attached hydrogen (secondary N) is 2. The highest BCUT2D eigenvalue weighted by molar-refractivity contribution is 6.02. The van der Waals surface area contributed by atoms with Gasteiger partial charge in [-0.25, -0.2) is 15.0 Å². The first kappa shape index (κ1) is 17.4. The lowest BCUT2D eigenvalue weighted by molar-refractivity contribution is -0.182. The van der Waals surface area contributed by atoms with E-state index in [1.165, 1.54) is 12.5 Å². The van der Waals surface area contributed by atoms with Gasteiger partial charge in [0.25, 0.3) is 5.91 Å². The summed E-state index contributed by atoms with van der Waals surface area (Å²) in [5, 5.41) is 9.38. The number of H-pyrrole nitrogens is 1. The van der Waals surface area contributed by atoms with Gasteiger partial charge in [0.1, 0.15) is 17.4 Å². The highest BCUT2D eigenvalue weighted by Gasteiger charge is 2.41. The third-order valence-corrected chi connectivity index (χ3v) is 4.76. The normalized spacial score (nSPS) is 20.7. The van der Waals surface area contributed by atoms with Crippen molar-refractivity contribution < 1.29 is 18.0 Å². The molecule has 0 saturated heterocycles. The number of carbonyl (C=O) groups excluding carboxylic acids is 1. The van der Waals surface area contributed by atoms with Crippen LogP contribution >= 0.6 is 0 Å². The molecule has 0 radical (unpaired) electrons. The van der Waals surface area contributed by atoms with E-state index in [9.17, 15) is 18.0 Å². The molecule has 3 aromatic heterocycles. The summed E-state index contributed by atoms with van der Waals surface area (Å²) in [7, 11) is 0. The fourth-order valence-electron chi connectivity index (χ4n) is 3.30. The first-order chi connectivity index (χ1) is 12.9. The van der Waals surface area contributed by atoms with E-state index in [0.29, 0.717) is 11.0 Å². The molecule has 27 heavy (non-hydrogen) atoms. The van der Waals surface area contributed by atoms with Gasteiger partial charge in [-0.05, 0) is 25.7 Å². The van der Waals surface area contributed by atoms with Gasteiger partial charge in [0.05, 0.1) is 12.1 Å². The van der Waals surface area contributed by atoms with Crippen molar-refractivity contribution in [3.8, 4) is 5.95 Å². The number of amides is 1. The number of fused-ring (bicyclic) bond motifs is 1. The average Bonchev–Trinajstić information content (AvgIpc) is 3.32. The van der Waals surface area contributed by atoms with Crippen LogP contribution in [0.25, 0.3) is 17.0 Å². The highest BCUT2D eigenvalue weighted by Crippen LogP contribution is 2.37. The Labute approximate surface area is 151 Å². The summed E-state index contributed by atoms with van der Waals surface area (Å²) in [4.78, 5) is 25.3.